The Morgan fingerprint density at radius 2 is 1.97 bits per heavy atom. The van der Waals surface area contributed by atoms with Crippen LogP contribution < -0.4 is 0 Å². The third-order valence-electron chi connectivity index (χ3n) is 7.41. The van der Waals surface area contributed by atoms with Gasteiger partial charge in [0.05, 0.1) is 27.2 Å². The zero-order valence-electron chi connectivity index (χ0n) is 18.7. The Balaban J connectivity index is 1.68. The Bertz CT molecular complexity index is 1530. The largest absolute Gasteiger partial charge is 0.293 e. The molecule has 5 nitrogen and oxygen atoms in total. The van der Waals surface area contributed by atoms with E-state index >= 15 is 0 Å². The highest BCUT2D eigenvalue weighted by Crippen LogP contribution is 2.52. The number of carbonyl (C=O) groups excluding carboxylic acids is 1. The number of hydrogen-bond acceptors (Lipinski definition) is 5. The molecule has 34 heavy (non-hydrogen) atoms. The van der Waals surface area contributed by atoms with Gasteiger partial charge in [-0.15, -0.1) is 0 Å². The van der Waals surface area contributed by atoms with Crippen molar-refractivity contribution in [2.45, 2.75) is 32.1 Å². The van der Waals surface area contributed by atoms with Crippen molar-refractivity contribution >= 4 is 27.3 Å². The van der Waals surface area contributed by atoms with Crippen LogP contribution in [0.3, 0.4) is 0 Å². The summed E-state index contributed by atoms with van der Waals surface area (Å²) < 4.78 is 17.8. The smallest absolute Gasteiger partial charge is 0.211 e. The van der Waals surface area contributed by atoms with E-state index in [1.807, 2.05) is 48.0 Å². The van der Waals surface area contributed by atoms with E-state index in [1.165, 1.54) is 17.4 Å². The van der Waals surface area contributed by atoms with Crippen LogP contribution >= 0.6 is 11.3 Å². The number of aromatic nitrogens is 3. The molecule has 2 aromatic heterocycles. The third-order valence-corrected chi connectivity index (χ3v) is 8.42. The normalized spacial score (nSPS) is 23.8. The number of fused-ring (bicyclic) bond motifs is 4. The van der Waals surface area contributed by atoms with Gasteiger partial charge in [0.1, 0.15) is 11.9 Å². The minimum absolute atomic E-state index is 0.0166. The molecule has 0 fully saturated rings. The van der Waals surface area contributed by atoms with Crippen molar-refractivity contribution in [1.29, 1.82) is 5.26 Å². The number of para-hydroxylation sites is 1. The summed E-state index contributed by atoms with van der Waals surface area (Å²) in [6, 6.07) is 16.7. The van der Waals surface area contributed by atoms with Crippen LogP contribution in [0, 0.1) is 29.0 Å². The molecule has 0 amide bonds. The molecule has 1 unspecified atom stereocenters. The molecular weight excluding hydrogens is 447 g/mol. The molecule has 0 bridgehead atoms. The predicted octanol–water partition coefficient (Wildman–Crippen LogP) is 5.78. The molecule has 7 heteroatoms. The van der Waals surface area contributed by atoms with Gasteiger partial charge >= 0.3 is 0 Å². The van der Waals surface area contributed by atoms with Gasteiger partial charge < -0.3 is 0 Å². The minimum atomic E-state index is -0.611. The average Bonchev–Trinajstić information content (AvgIpc) is 3.44. The molecule has 2 heterocycles. The summed E-state index contributed by atoms with van der Waals surface area (Å²) in [6.45, 7) is 3.99. The van der Waals surface area contributed by atoms with Crippen molar-refractivity contribution in [3.8, 4) is 22.5 Å². The van der Waals surface area contributed by atoms with Gasteiger partial charge in [-0.2, -0.15) is 10.4 Å². The summed E-state index contributed by atoms with van der Waals surface area (Å²) in [5, 5.41) is 15.4. The number of carbonyl (C=O) groups is 1. The molecule has 2 aromatic carbocycles. The third kappa shape index (κ3) is 2.85. The molecule has 0 saturated heterocycles. The van der Waals surface area contributed by atoms with E-state index in [0.717, 1.165) is 27.9 Å². The first kappa shape index (κ1) is 20.9. The SMILES string of the molecule is C[C@H]1C(=O)C(C#N)=CC2(C)c3c(c(-c4ccccc4F)nn3-c3nc4ccccc4s3)CC[C@H]12. The summed E-state index contributed by atoms with van der Waals surface area (Å²) in [5.41, 5.74) is 3.35. The van der Waals surface area contributed by atoms with Crippen LogP contribution in [0.25, 0.3) is 26.6 Å². The topological polar surface area (TPSA) is 71.6 Å². The fourth-order valence-corrected chi connectivity index (χ4v) is 6.73. The fraction of sp³-hybridized carbons (Fsp3) is 0.259. The molecule has 4 aromatic rings. The highest BCUT2D eigenvalue weighted by atomic mass is 32.1. The lowest BCUT2D eigenvalue weighted by Crippen LogP contribution is -2.46. The summed E-state index contributed by atoms with van der Waals surface area (Å²) in [6.07, 6.45) is 3.25. The van der Waals surface area contributed by atoms with Crippen LogP contribution in [0.15, 0.2) is 60.2 Å². The van der Waals surface area contributed by atoms with Crippen molar-refractivity contribution in [3.05, 3.63) is 77.3 Å². The molecule has 3 atom stereocenters. The molecule has 0 aliphatic heterocycles. The van der Waals surface area contributed by atoms with E-state index in [-0.39, 0.29) is 29.0 Å². The molecule has 0 radical (unpaired) electrons. The Morgan fingerprint density at radius 3 is 2.74 bits per heavy atom. The highest BCUT2D eigenvalue weighted by molar-refractivity contribution is 7.20. The van der Waals surface area contributed by atoms with Crippen LogP contribution in [0.1, 0.15) is 31.5 Å². The standard InChI is InChI=1S/C27H21FN4OS/c1-15-19-12-11-18-23(17-7-3-4-8-20(17)28)31-32(26-30-21-9-5-6-10-22(21)34-26)25(18)27(19,2)13-16(14-29)24(15)33/h3-10,13,15,19H,11-12H2,1-2H3/t15-,19-,27?/m1/s1. The van der Waals surface area contributed by atoms with E-state index in [9.17, 15) is 14.4 Å². The second kappa shape index (κ2) is 7.44. The van der Waals surface area contributed by atoms with Gasteiger partial charge in [-0.3, -0.25) is 4.79 Å². The molecule has 168 valence electrons. The molecule has 0 spiro atoms. The molecule has 0 saturated carbocycles. The molecular formula is C27H21FN4OS. The van der Waals surface area contributed by atoms with Crippen molar-refractivity contribution in [2.24, 2.45) is 11.8 Å². The molecule has 0 N–H and O–H groups in total. The van der Waals surface area contributed by atoms with Gasteiger partial charge in [-0.05, 0) is 43.0 Å². The van der Waals surface area contributed by atoms with E-state index < -0.39 is 5.41 Å². The second-order valence-corrected chi connectivity index (χ2v) is 10.3. The summed E-state index contributed by atoms with van der Waals surface area (Å²) in [4.78, 5) is 17.7. The van der Waals surface area contributed by atoms with Gasteiger partial charge in [-0.25, -0.2) is 14.1 Å². The first-order chi connectivity index (χ1) is 16.4. The maximum Gasteiger partial charge on any atom is 0.211 e. The van der Waals surface area contributed by atoms with E-state index in [2.05, 4.69) is 13.0 Å². The lowest BCUT2D eigenvalue weighted by Gasteiger charge is -2.45. The zero-order valence-corrected chi connectivity index (χ0v) is 19.6. The number of rotatable bonds is 2. The number of halogens is 1. The van der Waals surface area contributed by atoms with Gasteiger partial charge in [-0.1, -0.05) is 55.5 Å². The first-order valence-corrected chi connectivity index (χ1v) is 12.1. The van der Waals surface area contributed by atoms with Gasteiger partial charge in [0.25, 0.3) is 0 Å². The fourth-order valence-electron chi connectivity index (χ4n) is 5.81. The lowest BCUT2D eigenvalue weighted by molar-refractivity contribution is -0.121. The van der Waals surface area contributed by atoms with Crippen molar-refractivity contribution in [1.82, 2.24) is 14.8 Å². The molecule has 2 aliphatic carbocycles. The summed E-state index contributed by atoms with van der Waals surface area (Å²) in [5.74, 6) is -0.697. The molecule has 2 aliphatic rings. The van der Waals surface area contributed by atoms with Crippen LogP contribution in [0.2, 0.25) is 0 Å². The van der Waals surface area contributed by atoms with Crippen molar-refractivity contribution in [2.75, 3.05) is 0 Å². The van der Waals surface area contributed by atoms with Crippen LogP contribution in [-0.4, -0.2) is 20.5 Å². The number of Topliss-reactive ketones (excluding diaryl/α,β-unsaturated/α-hetero) is 1. The number of thiazole rings is 1. The van der Waals surface area contributed by atoms with Crippen LogP contribution in [0.5, 0.6) is 0 Å². The van der Waals surface area contributed by atoms with Gasteiger partial charge in [0.15, 0.2) is 5.78 Å². The van der Waals surface area contributed by atoms with Crippen LogP contribution in [0.4, 0.5) is 4.39 Å². The second-order valence-electron chi connectivity index (χ2n) is 9.28. The maximum absolute atomic E-state index is 14.9. The van der Waals surface area contributed by atoms with Gasteiger partial charge in [0.2, 0.25) is 5.13 Å². The van der Waals surface area contributed by atoms with Crippen molar-refractivity contribution in [3.63, 3.8) is 0 Å². The predicted molar refractivity (Wildman–Crippen MR) is 129 cm³/mol. The molecule has 6 rings (SSSR count). The number of nitrogens with zero attached hydrogens (tertiary/aromatic N) is 4. The Kier molecular flexibility index (Phi) is 4.58. The summed E-state index contributed by atoms with van der Waals surface area (Å²) >= 11 is 1.52. The summed E-state index contributed by atoms with van der Waals surface area (Å²) in [7, 11) is 0. The van der Waals surface area contributed by atoms with E-state index in [1.54, 1.807) is 12.1 Å². The van der Waals surface area contributed by atoms with Crippen LogP contribution in [-0.2, 0) is 16.6 Å². The van der Waals surface area contributed by atoms with E-state index in [0.29, 0.717) is 22.8 Å². The Labute approximate surface area is 200 Å². The Morgan fingerprint density at radius 1 is 1.21 bits per heavy atom. The maximum atomic E-state index is 14.9. The number of nitriles is 1. The number of allylic oxidation sites excluding steroid dienone is 2. The first-order valence-electron chi connectivity index (χ1n) is 11.3. The monoisotopic (exact) mass is 468 g/mol. The minimum Gasteiger partial charge on any atom is -0.293 e. The zero-order chi connectivity index (χ0) is 23.6. The van der Waals surface area contributed by atoms with E-state index in [4.69, 9.17) is 10.1 Å². The van der Waals surface area contributed by atoms with Crippen molar-refractivity contribution < 1.29 is 9.18 Å². The lowest BCUT2D eigenvalue weighted by atomic mass is 9.58. The average molecular weight is 469 g/mol. The quantitative estimate of drug-likeness (QED) is 0.374. The number of ketones is 1. The highest BCUT2D eigenvalue weighted by Gasteiger charge is 2.51. The van der Waals surface area contributed by atoms with Gasteiger partial charge in [0, 0.05) is 22.5 Å². The number of benzene rings is 2. The Hall–Kier alpha value is -3.63. The number of hydrogen-bond donors (Lipinski definition) is 0.